The zero-order chi connectivity index (χ0) is 19.4. The van der Waals surface area contributed by atoms with Gasteiger partial charge in [-0.1, -0.05) is 6.42 Å². The molecule has 1 aromatic rings. The fourth-order valence-electron chi connectivity index (χ4n) is 4.85. The normalized spacial score (nSPS) is 27.4. The zero-order valence-electron chi connectivity index (χ0n) is 14.6. The third-order valence-corrected chi connectivity index (χ3v) is 6.22. The number of carbonyl (C=O) groups excluding carboxylic acids is 1. The second-order valence-electron chi connectivity index (χ2n) is 7.71. The fraction of sp³-hybridized carbons (Fsp3) is 0.611. The van der Waals surface area contributed by atoms with Crippen molar-refractivity contribution < 1.29 is 27.9 Å². The van der Waals surface area contributed by atoms with Crippen LogP contribution in [0.4, 0.5) is 18.0 Å². The summed E-state index contributed by atoms with van der Waals surface area (Å²) in [6, 6.07) is 1.07. The lowest BCUT2D eigenvalue weighted by atomic mass is 9.79. The van der Waals surface area contributed by atoms with Crippen LogP contribution in [0.2, 0.25) is 0 Å². The van der Waals surface area contributed by atoms with Crippen LogP contribution in [-0.4, -0.2) is 51.5 Å². The van der Waals surface area contributed by atoms with Gasteiger partial charge in [-0.15, -0.1) is 0 Å². The first-order chi connectivity index (χ1) is 12.7. The van der Waals surface area contributed by atoms with Crippen LogP contribution in [0.15, 0.2) is 12.3 Å². The van der Waals surface area contributed by atoms with Crippen molar-refractivity contribution in [2.75, 3.05) is 19.6 Å². The van der Waals surface area contributed by atoms with Crippen LogP contribution in [0.5, 0.6) is 0 Å². The molecule has 1 aromatic heterocycles. The Bertz CT molecular complexity index is 798. The van der Waals surface area contributed by atoms with Crippen molar-refractivity contribution in [3.63, 3.8) is 0 Å². The largest absolute Gasteiger partial charge is 0.465 e. The predicted octanol–water partition coefficient (Wildman–Crippen LogP) is 2.77. The average molecular weight is 383 g/mol. The summed E-state index contributed by atoms with van der Waals surface area (Å²) in [5.41, 5.74) is -0.537. The Hall–Kier alpha value is -2.32. The molecule has 9 heteroatoms. The van der Waals surface area contributed by atoms with Gasteiger partial charge in [0.15, 0.2) is 0 Å². The number of hydrogen-bond acceptors (Lipinski definition) is 3. The van der Waals surface area contributed by atoms with E-state index < -0.39 is 23.2 Å². The predicted molar refractivity (Wildman–Crippen MR) is 87.7 cm³/mol. The van der Waals surface area contributed by atoms with Crippen LogP contribution in [0.25, 0.3) is 0 Å². The van der Waals surface area contributed by atoms with Crippen LogP contribution < -0.4 is 0 Å². The Labute approximate surface area is 154 Å². The summed E-state index contributed by atoms with van der Waals surface area (Å²) in [7, 11) is 0. The topological polar surface area (TPSA) is 73.7 Å². The van der Waals surface area contributed by atoms with E-state index in [4.69, 9.17) is 0 Å². The lowest BCUT2D eigenvalue weighted by Gasteiger charge is -2.36. The Morgan fingerprint density at radius 3 is 2.78 bits per heavy atom. The highest BCUT2D eigenvalue weighted by atomic mass is 19.4. The van der Waals surface area contributed by atoms with E-state index in [1.165, 1.54) is 4.90 Å². The quantitative estimate of drug-likeness (QED) is 0.809. The molecule has 4 rings (SSSR count). The maximum absolute atomic E-state index is 13.3. The number of halogens is 3. The highest BCUT2D eigenvalue weighted by Crippen LogP contribution is 2.50. The van der Waals surface area contributed by atoms with E-state index in [2.05, 4.69) is 4.98 Å². The van der Waals surface area contributed by atoms with Gasteiger partial charge >= 0.3 is 12.3 Å². The van der Waals surface area contributed by atoms with Crippen molar-refractivity contribution in [3.05, 3.63) is 29.1 Å². The lowest BCUT2D eigenvalue weighted by Crippen LogP contribution is -2.48. The number of rotatable bonds is 1. The van der Waals surface area contributed by atoms with Crippen molar-refractivity contribution in [1.29, 1.82) is 0 Å². The number of fused-ring (bicyclic) bond motifs is 2. The number of alkyl halides is 3. The Morgan fingerprint density at radius 1 is 1.30 bits per heavy atom. The third-order valence-electron chi connectivity index (χ3n) is 6.22. The van der Waals surface area contributed by atoms with Gasteiger partial charge in [0.05, 0.1) is 11.0 Å². The summed E-state index contributed by atoms with van der Waals surface area (Å²) in [4.78, 5) is 31.5. The first-order valence-electron chi connectivity index (χ1n) is 9.03. The van der Waals surface area contributed by atoms with Gasteiger partial charge in [-0.25, -0.2) is 4.79 Å². The summed E-state index contributed by atoms with van der Waals surface area (Å²) in [6.45, 7) is 1.01. The van der Waals surface area contributed by atoms with Crippen molar-refractivity contribution >= 4 is 12.0 Å². The van der Waals surface area contributed by atoms with E-state index in [-0.39, 0.29) is 24.9 Å². The SMILES string of the molecule is O=C(O)N1CC2CCCC2(C(=O)N2CCc3ncc(C(F)(F)F)cc3C2)C1. The molecule has 2 amide bonds. The highest BCUT2D eigenvalue weighted by Gasteiger charge is 2.57. The molecule has 0 radical (unpaired) electrons. The number of aromatic nitrogens is 1. The van der Waals surface area contributed by atoms with Gasteiger partial charge < -0.3 is 14.9 Å². The Kier molecular flexibility index (Phi) is 4.08. The van der Waals surface area contributed by atoms with Gasteiger partial charge in [-0.05, 0) is 30.4 Å². The van der Waals surface area contributed by atoms with Crippen LogP contribution in [0, 0.1) is 11.3 Å². The zero-order valence-corrected chi connectivity index (χ0v) is 14.6. The van der Waals surface area contributed by atoms with E-state index in [0.29, 0.717) is 37.2 Å². The van der Waals surface area contributed by atoms with E-state index in [1.807, 2.05) is 0 Å². The first kappa shape index (κ1) is 18.1. The third kappa shape index (κ3) is 2.93. The molecule has 1 saturated heterocycles. The first-order valence-corrected chi connectivity index (χ1v) is 9.03. The maximum Gasteiger partial charge on any atom is 0.417 e. The minimum absolute atomic E-state index is 0.0119. The summed E-state index contributed by atoms with van der Waals surface area (Å²) < 4.78 is 38.9. The number of carboxylic acid groups (broad SMARTS) is 1. The van der Waals surface area contributed by atoms with Gasteiger partial charge in [-0.3, -0.25) is 9.78 Å². The van der Waals surface area contributed by atoms with Crippen molar-refractivity contribution in [1.82, 2.24) is 14.8 Å². The maximum atomic E-state index is 13.3. The summed E-state index contributed by atoms with van der Waals surface area (Å²) >= 11 is 0. The summed E-state index contributed by atoms with van der Waals surface area (Å²) in [5, 5.41) is 9.30. The van der Waals surface area contributed by atoms with Gasteiger partial charge in [0, 0.05) is 44.5 Å². The molecule has 146 valence electrons. The molecule has 6 nitrogen and oxygen atoms in total. The van der Waals surface area contributed by atoms with Crippen molar-refractivity contribution in [2.45, 2.75) is 38.4 Å². The van der Waals surface area contributed by atoms with E-state index in [1.54, 1.807) is 4.90 Å². The van der Waals surface area contributed by atoms with Crippen LogP contribution in [-0.2, 0) is 23.9 Å². The van der Waals surface area contributed by atoms with Crippen LogP contribution in [0.1, 0.15) is 36.1 Å². The number of nitrogens with zero attached hydrogens (tertiary/aromatic N) is 3. The van der Waals surface area contributed by atoms with Gasteiger partial charge in [0.1, 0.15) is 0 Å². The molecule has 0 spiro atoms. The molecule has 1 saturated carbocycles. The number of hydrogen-bond donors (Lipinski definition) is 1. The minimum atomic E-state index is -4.48. The molecule has 3 heterocycles. The van der Waals surface area contributed by atoms with Gasteiger partial charge in [-0.2, -0.15) is 13.2 Å². The molecule has 2 atom stereocenters. The molecule has 0 aromatic carbocycles. The Balaban J connectivity index is 1.58. The van der Waals surface area contributed by atoms with Gasteiger partial charge in [0.2, 0.25) is 5.91 Å². The molecule has 2 unspecified atom stereocenters. The molecule has 0 bridgehead atoms. The highest BCUT2D eigenvalue weighted by molar-refractivity contribution is 5.85. The minimum Gasteiger partial charge on any atom is -0.465 e. The number of pyridine rings is 1. The number of carbonyl (C=O) groups is 2. The smallest absolute Gasteiger partial charge is 0.417 e. The van der Waals surface area contributed by atoms with Crippen molar-refractivity contribution in [2.24, 2.45) is 11.3 Å². The molecule has 1 aliphatic carbocycles. The van der Waals surface area contributed by atoms with E-state index in [9.17, 15) is 27.9 Å². The second-order valence-corrected chi connectivity index (χ2v) is 7.71. The summed E-state index contributed by atoms with van der Waals surface area (Å²) in [6.07, 6.45) is -1.96. The summed E-state index contributed by atoms with van der Waals surface area (Å²) in [5.74, 6) is -0.140. The molecule has 1 N–H and O–H groups in total. The Morgan fingerprint density at radius 2 is 2.07 bits per heavy atom. The van der Waals surface area contributed by atoms with Crippen molar-refractivity contribution in [3.8, 4) is 0 Å². The molecular weight excluding hydrogens is 363 g/mol. The second kappa shape index (κ2) is 6.10. The fourth-order valence-corrected chi connectivity index (χ4v) is 4.85. The molecule has 27 heavy (non-hydrogen) atoms. The van der Waals surface area contributed by atoms with Crippen LogP contribution >= 0.6 is 0 Å². The molecule has 2 aliphatic heterocycles. The van der Waals surface area contributed by atoms with Gasteiger partial charge in [0.25, 0.3) is 0 Å². The molecule has 3 aliphatic rings. The van der Waals surface area contributed by atoms with E-state index >= 15 is 0 Å². The monoisotopic (exact) mass is 383 g/mol. The number of amides is 2. The standard InChI is InChI=1S/C18H20F3N3O3/c19-18(20,21)13-6-11-8-23(5-3-14(11)22-7-13)15(25)17-4-1-2-12(17)9-24(10-17)16(26)27/h6-7,12H,1-5,8-10H2,(H,26,27). The average Bonchev–Trinajstić information content (AvgIpc) is 3.17. The molecular formula is C18H20F3N3O3. The van der Waals surface area contributed by atoms with Crippen LogP contribution in [0.3, 0.4) is 0 Å². The lowest BCUT2D eigenvalue weighted by molar-refractivity contribution is -0.143. The number of likely N-dealkylation sites (tertiary alicyclic amines) is 1. The van der Waals surface area contributed by atoms with E-state index in [0.717, 1.165) is 25.1 Å². The molecule has 2 fully saturated rings.